The molecule has 0 radical (unpaired) electrons. The fourth-order valence-corrected chi connectivity index (χ4v) is 2.48. The summed E-state index contributed by atoms with van der Waals surface area (Å²) >= 11 is 0. The Kier molecular flexibility index (Phi) is 4.58. The SMILES string of the molecule is O=C(CN1CCN(C(=O)/C=C/c2ccco2)CC1)NC1CC1. The summed E-state index contributed by atoms with van der Waals surface area (Å²) < 4.78 is 5.16. The fraction of sp³-hybridized carbons (Fsp3) is 0.500. The Morgan fingerprint density at radius 3 is 2.68 bits per heavy atom. The molecule has 22 heavy (non-hydrogen) atoms. The van der Waals surface area contributed by atoms with Crippen LogP contribution in [0.15, 0.2) is 28.9 Å². The average Bonchev–Trinajstić information content (AvgIpc) is 3.16. The summed E-state index contributed by atoms with van der Waals surface area (Å²) in [5, 5.41) is 2.99. The number of hydrogen-bond acceptors (Lipinski definition) is 4. The Morgan fingerprint density at radius 1 is 1.27 bits per heavy atom. The second kappa shape index (κ2) is 6.79. The number of amides is 2. The zero-order valence-corrected chi connectivity index (χ0v) is 12.5. The molecule has 0 spiro atoms. The quantitative estimate of drug-likeness (QED) is 0.814. The Morgan fingerprint density at radius 2 is 2.05 bits per heavy atom. The third-order valence-corrected chi connectivity index (χ3v) is 3.93. The second-order valence-electron chi connectivity index (χ2n) is 5.79. The third kappa shape index (κ3) is 4.21. The maximum Gasteiger partial charge on any atom is 0.246 e. The van der Waals surface area contributed by atoms with E-state index in [4.69, 9.17) is 4.42 Å². The van der Waals surface area contributed by atoms with Crippen LogP contribution >= 0.6 is 0 Å². The van der Waals surface area contributed by atoms with Gasteiger partial charge >= 0.3 is 0 Å². The maximum absolute atomic E-state index is 12.1. The van der Waals surface area contributed by atoms with E-state index in [1.165, 1.54) is 6.08 Å². The molecule has 1 aliphatic heterocycles. The molecule has 0 bridgehead atoms. The smallest absolute Gasteiger partial charge is 0.246 e. The number of hydrogen-bond donors (Lipinski definition) is 1. The maximum atomic E-state index is 12.1. The van der Waals surface area contributed by atoms with Gasteiger partial charge in [0.25, 0.3) is 0 Å². The van der Waals surface area contributed by atoms with Crippen LogP contribution in [-0.2, 0) is 9.59 Å². The normalized spacial score (nSPS) is 19.5. The summed E-state index contributed by atoms with van der Waals surface area (Å²) in [6.07, 6.45) is 7.01. The first-order valence-electron chi connectivity index (χ1n) is 7.73. The van der Waals surface area contributed by atoms with Gasteiger partial charge in [-0.05, 0) is 31.1 Å². The second-order valence-corrected chi connectivity index (χ2v) is 5.79. The van der Waals surface area contributed by atoms with E-state index in [1.54, 1.807) is 29.4 Å². The first-order chi connectivity index (χ1) is 10.7. The van der Waals surface area contributed by atoms with Crippen molar-refractivity contribution in [3.8, 4) is 0 Å². The van der Waals surface area contributed by atoms with Crippen molar-refractivity contribution >= 4 is 17.9 Å². The Hall–Kier alpha value is -2.08. The summed E-state index contributed by atoms with van der Waals surface area (Å²) in [4.78, 5) is 27.7. The van der Waals surface area contributed by atoms with Crippen molar-refractivity contribution in [2.75, 3.05) is 32.7 Å². The average molecular weight is 303 g/mol. The summed E-state index contributed by atoms with van der Waals surface area (Å²) in [6, 6.07) is 4.00. The first-order valence-corrected chi connectivity index (χ1v) is 7.73. The van der Waals surface area contributed by atoms with E-state index in [2.05, 4.69) is 10.2 Å². The number of rotatable bonds is 5. The molecule has 1 N–H and O–H groups in total. The summed E-state index contributed by atoms with van der Waals surface area (Å²) in [6.45, 7) is 3.20. The van der Waals surface area contributed by atoms with Crippen molar-refractivity contribution in [2.24, 2.45) is 0 Å². The van der Waals surface area contributed by atoms with Crippen LogP contribution in [-0.4, -0.2) is 60.4 Å². The van der Waals surface area contributed by atoms with Crippen molar-refractivity contribution in [1.82, 2.24) is 15.1 Å². The van der Waals surface area contributed by atoms with Gasteiger partial charge in [-0.25, -0.2) is 0 Å². The lowest BCUT2D eigenvalue weighted by Gasteiger charge is -2.33. The van der Waals surface area contributed by atoms with Gasteiger partial charge in [0.15, 0.2) is 0 Å². The van der Waals surface area contributed by atoms with Gasteiger partial charge in [0.05, 0.1) is 12.8 Å². The highest BCUT2D eigenvalue weighted by molar-refractivity contribution is 5.91. The molecule has 2 heterocycles. The summed E-state index contributed by atoms with van der Waals surface area (Å²) in [7, 11) is 0. The van der Waals surface area contributed by atoms with E-state index >= 15 is 0 Å². The summed E-state index contributed by atoms with van der Waals surface area (Å²) in [5.74, 6) is 0.752. The van der Waals surface area contributed by atoms with Crippen LogP contribution in [0.5, 0.6) is 0 Å². The van der Waals surface area contributed by atoms with Crippen molar-refractivity contribution in [3.63, 3.8) is 0 Å². The highest BCUT2D eigenvalue weighted by Gasteiger charge is 2.25. The van der Waals surface area contributed by atoms with E-state index in [1.807, 2.05) is 0 Å². The van der Waals surface area contributed by atoms with Gasteiger partial charge in [-0.3, -0.25) is 14.5 Å². The molecule has 1 saturated heterocycles. The molecule has 1 aliphatic carbocycles. The van der Waals surface area contributed by atoms with Crippen LogP contribution in [0.4, 0.5) is 0 Å². The molecule has 2 amide bonds. The zero-order chi connectivity index (χ0) is 15.4. The molecule has 0 atom stereocenters. The van der Waals surface area contributed by atoms with Crippen molar-refractivity contribution in [2.45, 2.75) is 18.9 Å². The van der Waals surface area contributed by atoms with Gasteiger partial charge < -0.3 is 14.6 Å². The van der Waals surface area contributed by atoms with Crippen molar-refractivity contribution in [3.05, 3.63) is 30.2 Å². The monoisotopic (exact) mass is 303 g/mol. The number of nitrogens with zero attached hydrogens (tertiary/aromatic N) is 2. The predicted molar refractivity (Wildman–Crippen MR) is 81.9 cm³/mol. The van der Waals surface area contributed by atoms with E-state index in [9.17, 15) is 9.59 Å². The Bertz CT molecular complexity index is 541. The molecule has 1 aromatic rings. The van der Waals surface area contributed by atoms with Gasteiger partial charge in [0.2, 0.25) is 11.8 Å². The molecule has 0 aromatic carbocycles. The Balaban J connectivity index is 1.40. The third-order valence-electron chi connectivity index (χ3n) is 3.93. The first kappa shape index (κ1) is 14.8. The fourth-order valence-electron chi connectivity index (χ4n) is 2.48. The molecule has 0 unspecified atom stereocenters. The molecule has 3 rings (SSSR count). The largest absolute Gasteiger partial charge is 0.465 e. The minimum atomic E-state index is -0.0153. The Labute approximate surface area is 129 Å². The van der Waals surface area contributed by atoms with Crippen molar-refractivity contribution in [1.29, 1.82) is 0 Å². The molecule has 6 nitrogen and oxygen atoms in total. The highest BCUT2D eigenvalue weighted by Crippen LogP contribution is 2.18. The number of furan rings is 1. The van der Waals surface area contributed by atoms with Gasteiger partial charge in [0.1, 0.15) is 5.76 Å². The van der Waals surface area contributed by atoms with Gasteiger partial charge in [0, 0.05) is 38.3 Å². The highest BCUT2D eigenvalue weighted by atomic mass is 16.3. The molecule has 6 heteroatoms. The van der Waals surface area contributed by atoms with Crippen LogP contribution in [0, 0.1) is 0 Å². The van der Waals surface area contributed by atoms with Crippen LogP contribution in [0.3, 0.4) is 0 Å². The summed E-state index contributed by atoms with van der Waals surface area (Å²) in [5.41, 5.74) is 0. The molecular formula is C16H21N3O3. The lowest BCUT2D eigenvalue weighted by Crippen LogP contribution is -2.50. The minimum absolute atomic E-state index is 0.0153. The van der Waals surface area contributed by atoms with E-state index < -0.39 is 0 Å². The molecule has 118 valence electrons. The number of carbonyl (C=O) groups is 2. The lowest BCUT2D eigenvalue weighted by molar-refractivity contribution is -0.128. The predicted octanol–water partition coefficient (Wildman–Crippen LogP) is 0.716. The van der Waals surface area contributed by atoms with Crippen LogP contribution < -0.4 is 5.32 Å². The molecule has 2 fully saturated rings. The van der Waals surface area contributed by atoms with Crippen LogP contribution in [0.1, 0.15) is 18.6 Å². The standard InChI is InChI=1S/C16H21N3O3/c20-15(17-13-3-4-13)12-18-7-9-19(10-8-18)16(21)6-5-14-2-1-11-22-14/h1-2,5-6,11,13H,3-4,7-10,12H2,(H,17,20)/b6-5+. The number of piperazine rings is 1. The molecule has 1 saturated carbocycles. The molecular weight excluding hydrogens is 282 g/mol. The number of nitrogens with one attached hydrogen (secondary N) is 1. The van der Waals surface area contributed by atoms with E-state index in [-0.39, 0.29) is 11.8 Å². The van der Waals surface area contributed by atoms with E-state index in [0.717, 1.165) is 25.9 Å². The molecule has 2 aliphatic rings. The lowest BCUT2D eigenvalue weighted by atomic mass is 10.3. The van der Waals surface area contributed by atoms with Crippen molar-refractivity contribution < 1.29 is 14.0 Å². The number of carbonyl (C=O) groups excluding carboxylic acids is 2. The zero-order valence-electron chi connectivity index (χ0n) is 12.5. The van der Waals surface area contributed by atoms with Gasteiger partial charge in [-0.2, -0.15) is 0 Å². The van der Waals surface area contributed by atoms with Gasteiger partial charge in [-0.1, -0.05) is 0 Å². The van der Waals surface area contributed by atoms with Crippen LogP contribution in [0.2, 0.25) is 0 Å². The molecule has 1 aromatic heterocycles. The minimum Gasteiger partial charge on any atom is -0.465 e. The van der Waals surface area contributed by atoms with E-state index in [0.29, 0.717) is 31.4 Å². The van der Waals surface area contributed by atoms with Crippen LogP contribution in [0.25, 0.3) is 6.08 Å². The van der Waals surface area contributed by atoms with Gasteiger partial charge in [-0.15, -0.1) is 0 Å². The topological polar surface area (TPSA) is 65.8 Å².